The molecule has 0 aromatic rings. The predicted molar refractivity (Wildman–Crippen MR) is 78.5 cm³/mol. The minimum Gasteiger partial charge on any atom is -0.481 e. The number of nitrogens with one attached hydrogen (secondary N) is 1. The summed E-state index contributed by atoms with van der Waals surface area (Å²) in [6, 6.07) is 0. The normalized spacial score (nSPS) is 22.8. The first-order valence-electron chi connectivity index (χ1n) is 7.83. The SMILES string of the molecule is CCCN(CC)CCNC(=O)C1CCCCC1C(=O)O. The van der Waals surface area contributed by atoms with Crippen molar-refractivity contribution in [2.75, 3.05) is 26.2 Å². The standard InChI is InChI=1S/C15H28N2O3/c1-3-10-17(4-2)11-9-16-14(18)12-7-5-6-8-13(12)15(19)20/h12-13H,3-11H2,1-2H3,(H,16,18)(H,19,20). The average molecular weight is 284 g/mol. The first-order chi connectivity index (χ1) is 9.60. The van der Waals surface area contributed by atoms with Gasteiger partial charge in [-0.3, -0.25) is 9.59 Å². The van der Waals surface area contributed by atoms with Crippen LogP contribution in [-0.2, 0) is 9.59 Å². The van der Waals surface area contributed by atoms with E-state index in [1.54, 1.807) is 0 Å². The van der Waals surface area contributed by atoms with E-state index in [-0.39, 0.29) is 11.8 Å². The van der Waals surface area contributed by atoms with E-state index in [9.17, 15) is 14.7 Å². The summed E-state index contributed by atoms with van der Waals surface area (Å²) < 4.78 is 0. The smallest absolute Gasteiger partial charge is 0.307 e. The van der Waals surface area contributed by atoms with Crippen LogP contribution in [0.25, 0.3) is 0 Å². The fraction of sp³-hybridized carbons (Fsp3) is 0.867. The Morgan fingerprint density at radius 3 is 2.35 bits per heavy atom. The van der Waals surface area contributed by atoms with Gasteiger partial charge in [0.05, 0.1) is 11.8 Å². The Labute approximate surface area is 121 Å². The van der Waals surface area contributed by atoms with Crippen LogP contribution in [0.5, 0.6) is 0 Å². The molecule has 0 radical (unpaired) electrons. The number of carboxylic acid groups (broad SMARTS) is 1. The molecule has 1 aliphatic rings. The number of rotatable bonds is 8. The third-order valence-corrected chi connectivity index (χ3v) is 4.13. The number of nitrogens with zero attached hydrogens (tertiary/aromatic N) is 1. The van der Waals surface area contributed by atoms with Gasteiger partial charge in [0.15, 0.2) is 0 Å². The Morgan fingerprint density at radius 1 is 1.15 bits per heavy atom. The number of aliphatic carboxylic acids is 1. The second-order valence-electron chi connectivity index (χ2n) is 5.56. The number of hydrogen-bond donors (Lipinski definition) is 2. The van der Waals surface area contributed by atoms with Crippen molar-refractivity contribution in [2.24, 2.45) is 11.8 Å². The quantitative estimate of drug-likeness (QED) is 0.712. The Hall–Kier alpha value is -1.10. The highest BCUT2D eigenvalue weighted by atomic mass is 16.4. The number of carboxylic acids is 1. The monoisotopic (exact) mass is 284 g/mol. The van der Waals surface area contributed by atoms with Crippen LogP contribution >= 0.6 is 0 Å². The molecule has 5 heteroatoms. The van der Waals surface area contributed by atoms with Gasteiger partial charge in [-0.15, -0.1) is 0 Å². The Balaban J connectivity index is 2.38. The lowest BCUT2D eigenvalue weighted by atomic mass is 9.79. The second kappa shape index (κ2) is 8.95. The number of carbonyl (C=O) groups excluding carboxylic acids is 1. The maximum Gasteiger partial charge on any atom is 0.307 e. The van der Waals surface area contributed by atoms with Gasteiger partial charge in [0, 0.05) is 13.1 Å². The van der Waals surface area contributed by atoms with Crippen LogP contribution in [0.2, 0.25) is 0 Å². The number of hydrogen-bond acceptors (Lipinski definition) is 3. The molecule has 116 valence electrons. The number of carbonyl (C=O) groups is 2. The van der Waals surface area contributed by atoms with E-state index >= 15 is 0 Å². The van der Waals surface area contributed by atoms with Crippen molar-refractivity contribution in [3.8, 4) is 0 Å². The zero-order chi connectivity index (χ0) is 15.0. The average Bonchev–Trinajstić information content (AvgIpc) is 2.46. The van der Waals surface area contributed by atoms with E-state index in [4.69, 9.17) is 0 Å². The van der Waals surface area contributed by atoms with Crippen LogP contribution in [-0.4, -0.2) is 48.1 Å². The predicted octanol–water partition coefficient (Wildman–Crippen LogP) is 1.73. The molecular formula is C15H28N2O3. The van der Waals surface area contributed by atoms with Gasteiger partial charge in [0.2, 0.25) is 5.91 Å². The molecule has 2 unspecified atom stereocenters. The Morgan fingerprint density at radius 2 is 1.80 bits per heavy atom. The molecule has 1 saturated carbocycles. The molecule has 20 heavy (non-hydrogen) atoms. The zero-order valence-electron chi connectivity index (χ0n) is 12.7. The summed E-state index contributed by atoms with van der Waals surface area (Å²) in [7, 11) is 0. The summed E-state index contributed by atoms with van der Waals surface area (Å²) in [5.74, 6) is -1.75. The molecule has 2 atom stereocenters. The largest absolute Gasteiger partial charge is 0.481 e. The summed E-state index contributed by atoms with van der Waals surface area (Å²) in [4.78, 5) is 25.6. The van der Waals surface area contributed by atoms with Crippen molar-refractivity contribution in [1.29, 1.82) is 0 Å². The lowest BCUT2D eigenvalue weighted by Crippen LogP contribution is -2.42. The molecule has 1 amide bonds. The molecule has 2 N–H and O–H groups in total. The molecule has 0 heterocycles. The molecule has 0 aromatic heterocycles. The first kappa shape index (κ1) is 17.0. The van der Waals surface area contributed by atoms with Gasteiger partial charge in [-0.2, -0.15) is 0 Å². The minimum atomic E-state index is -0.828. The summed E-state index contributed by atoms with van der Waals surface area (Å²) >= 11 is 0. The van der Waals surface area contributed by atoms with E-state index in [0.29, 0.717) is 19.4 Å². The fourth-order valence-corrected chi connectivity index (χ4v) is 2.95. The summed E-state index contributed by atoms with van der Waals surface area (Å²) in [6.45, 7) is 7.70. The minimum absolute atomic E-state index is 0.0790. The van der Waals surface area contributed by atoms with Crippen LogP contribution in [0.1, 0.15) is 46.0 Å². The molecule has 0 spiro atoms. The molecule has 0 aliphatic heterocycles. The van der Waals surface area contributed by atoms with Crippen molar-refractivity contribution in [1.82, 2.24) is 10.2 Å². The third-order valence-electron chi connectivity index (χ3n) is 4.13. The molecule has 0 bridgehead atoms. The Bertz CT molecular complexity index is 320. The van der Waals surface area contributed by atoms with Gasteiger partial charge in [-0.25, -0.2) is 0 Å². The van der Waals surface area contributed by atoms with Crippen LogP contribution in [0.4, 0.5) is 0 Å². The maximum atomic E-state index is 12.1. The third kappa shape index (κ3) is 5.12. The van der Waals surface area contributed by atoms with Crippen molar-refractivity contribution >= 4 is 11.9 Å². The van der Waals surface area contributed by atoms with E-state index in [1.165, 1.54) is 0 Å². The van der Waals surface area contributed by atoms with Crippen LogP contribution < -0.4 is 5.32 Å². The summed E-state index contributed by atoms with van der Waals surface area (Å²) in [6.07, 6.45) is 4.31. The number of amides is 1. The molecule has 0 saturated heterocycles. The second-order valence-corrected chi connectivity index (χ2v) is 5.56. The molecule has 1 aliphatic carbocycles. The summed E-state index contributed by atoms with van der Waals surface area (Å²) in [5, 5.41) is 12.1. The molecule has 1 rings (SSSR count). The van der Waals surface area contributed by atoms with Crippen molar-refractivity contribution in [3.63, 3.8) is 0 Å². The highest BCUT2D eigenvalue weighted by Crippen LogP contribution is 2.30. The van der Waals surface area contributed by atoms with Gasteiger partial charge in [0.1, 0.15) is 0 Å². The summed E-state index contributed by atoms with van der Waals surface area (Å²) in [5.41, 5.74) is 0. The van der Waals surface area contributed by atoms with E-state index in [0.717, 1.165) is 38.9 Å². The molecular weight excluding hydrogens is 256 g/mol. The van der Waals surface area contributed by atoms with Crippen molar-refractivity contribution < 1.29 is 14.7 Å². The van der Waals surface area contributed by atoms with Gasteiger partial charge in [-0.05, 0) is 32.4 Å². The first-order valence-corrected chi connectivity index (χ1v) is 7.83. The van der Waals surface area contributed by atoms with Gasteiger partial charge < -0.3 is 15.3 Å². The fourth-order valence-electron chi connectivity index (χ4n) is 2.95. The molecule has 5 nitrogen and oxygen atoms in total. The highest BCUT2D eigenvalue weighted by molar-refractivity contribution is 5.84. The zero-order valence-corrected chi connectivity index (χ0v) is 12.7. The topological polar surface area (TPSA) is 69.6 Å². The highest BCUT2D eigenvalue weighted by Gasteiger charge is 2.35. The van der Waals surface area contributed by atoms with Crippen LogP contribution in [0.15, 0.2) is 0 Å². The van der Waals surface area contributed by atoms with Gasteiger partial charge in [-0.1, -0.05) is 26.7 Å². The van der Waals surface area contributed by atoms with Crippen molar-refractivity contribution in [2.45, 2.75) is 46.0 Å². The van der Waals surface area contributed by atoms with Gasteiger partial charge in [0.25, 0.3) is 0 Å². The maximum absolute atomic E-state index is 12.1. The van der Waals surface area contributed by atoms with Gasteiger partial charge >= 0.3 is 5.97 Å². The van der Waals surface area contributed by atoms with E-state index in [2.05, 4.69) is 24.1 Å². The van der Waals surface area contributed by atoms with Crippen LogP contribution in [0.3, 0.4) is 0 Å². The van der Waals surface area contributed by atoms with E-state index < -0.39 is 11.9 Å². The molecule has 0 aromatic carbocycles. The molecule has 1 fully saturated rings. The van der Waals surface area contributed by atoms with Crippen LogP contribution in [0, 0.1) is 11.8 Å². The van der Waals surface area contributed by atoms with Crippen molar-refractivity contribution in [3.05, 3.63) is 0 Å². The lowest BCUT2D eigenvalue weighted by Gasteiger charge is -2.28. The number of likely N-dealkylation sites (N-methyl/N-ethyl adjacent to an activating group) is 1. The lowest BCUT2D eigenvalue weighted by molar-refractivity contribution is -0.148. The Kier molecular flexibility index (Phi) is 7.59. The van der Waals surface area contributed by atoms with E-state index in [1.807, 2.05) is 0 Å².